The number of benzene rings is 1. The highest BCUT2D eigenvalue weighted by Gasteiger charge is 2.08. The van der Waals surface area contributed by atoms with Crippen molar-refractivity contribution in [2.24, 2.45) is 0 Å². The van der Waals surface area contributed by atoms with Crippen LogP contribution >= 0.6 is 15.9 Å². The van der Waals surface area contributed by atoms with Crippen LogP contribution in [0, 0.1) is 0 Å². The lowest BCUT2D eigenvalue weighted by Crippen LogP contribution is -2.26. The first-order valence-corrected chi connectivity index (χ1v) is 6.43. The van der Waals surface area contributed by atoms with E-state index in [1.807, 2.05) is 31.2 Å². The summed E-state index contributed by atoms with van der Waals surface area (Å²) in [7, 11) is 0. The highest BCUT2D eigenvalue weighted by atomic mass is 79.9. The third-order valence-corrected chi connectivity index (χ3v) is 3.19. The average Bonchev–Trinajstić information content (AvgIpc) is 2.40. The van der Waals surface area contributed by atoms with Crippen LogP contribution in [-0.2, 0) is 13.2 Å². The molecule has 0 aliphatic rings. The number of hydrogen-bond donors (Lipinski definition) is 1. The zero-order valence-corrected chi connectivity index (χ0v) is 11.5. The van der Waals surface area contributed by atoms with Crippen molar-refractivity contribution in [3.63, 3.8) is 0 Å². The number of rotatable bonds is 3. The van der Waals surface area contributed by atoms with Gasteiger partial charge in [-0.3, -0.25) is 4.79 Å². The van der Waals surface area contributed by atoms with Crippen molar-refractivity contribution in [2.75, 3.05) is 0 Å². The van der Waals surface area contributed by atoms with E-state index in [1.54, 1.807) is 6.07 Å². The fourth-order valence-corrected chi connectivity index (χ4v) is 1.95. The second kappa shape index (κ2) is 5.46. The molecule has 0 saturated heterocycles. The molecule has 0 unspecified atom stereocenters. The van der Waals surface area contributed by atoms with E-state index in [2.05, 4.69) is 21.0 Å². The monoisotopic (exact) mass is 308 g/mol. The largest absolute Gasteiger partial charge is 0.391 e. The van der Waals surface area contributed by atoms with Crippen LogP contribution in [0.4, 0.5) is 0 Å². The van der Waals surface area contributed by atoms with Crippen molar-refractivity contribution in [3.8, 4) is 11.3 Å². The Morgan fingerprint density at radius 1 is 1.33 bits per heavy atom. The minimum absolute atomic E-state index is 0.235. The maximum atomic E-state index is 11.8. The maximum absolute atomic E-state index is 11.8. The van der Waals surface area contributed by atoms with Crippen LogP contribution in [0.3, 0.4) is 0 Å². The normalized spacial score (nSPS) is 10.6. The topological polar surface area (TPSA) is 55.1 Å². The van der Waals surface area contributed by atoms with E-state index >= 15 is 0 Å². The van der Waals surface area contributed by atoms with Crippen molar-refractivity contribution in [1.82, 2.24) is 9.78 Å². The van der Waals surface area contributed by atoms with E-state index in [1.165, 1.54) is 4.68 Å². The number of aromatic nitrogens is 2. The summed E-state index contributed by atoms with van der Waals surface area (Å²) in [5.41, 5.74) is 1.73. The third-order valence-electron chi connectivity index (χ3n) is 2.66. The van der Waals surface area contributed by atoms with Gasteiger partial charge in [0.2, 0.25) is 0 Å². The third kappa shape index (κ3) is 2.52. The lowest BCUT2D eigenvalue weighted by atomic mass is 10.1. The van der Waals surface area contributed by atoms with Crippen molar-refractivity contribution < 1.29 is 5.11 Å². The lowest BCUT2D eigenvalue weighted by Gasteiger charge is -2.08. The molecule has 2 aromatic rings. The highest BCUT2D eigenvalue weighted by Crippen LogP contribution is 2.19. The minimum Gasteiger partial charge on any atom is -0.391 e. The van der Waals surface area contributed by atoms with Crippen LogP contribution < -0.4 is 5.56 Å². The first-order valence-electron chi connectivity index (χ1n) is 5.63. The zero-order valence-electron chi connectivity index (χ0n) is 9.93. The van der Waals surface area contributed by atoms with E-state index in [0.29, 0.717) is 17.8 Å². The van der Waals surface area contributed by atoms with Crippen molar-refractivity contribution in [1.29, 1.82) is 0 Å². The van der Waals surface area contributed by atoms with Crippen LogP contribution in [-0.4, -0.2) is 14.9 Å². The van der Waals surface area contributed by atoms with Crippen LogP contribution in [0.15, 0.2) is 39.6 Å². The second-order valence-electron chi connectivity index (χ2n) is 3.84. The molecule has 0 aliphatic carbocycles. The maximum Gasteiger partial charge on any atom is 0.272 e. The molecule has 0 saturated carbocycles. The Hall–Kier alpha value is -1.46. The van der Waals surface area contributed by atoms with E-state index in [0.717, 1.165) is 10.0 Å². The SMILES string of the molecule is CCn1nc(-c2ccc(Br)cc2)cc(CO)c1=O. The molecule has 94 valence electrons. The van der Waals surface area contributed by atoms with Gasteiger partial charge in [-0.25, -0.2) is 4.68 Å². The molecule has 5 heteroatoms. The molecular weight excluding hydrogens is 296 g/mol. The molecule has 0 atom stereocenters. The van der Waals surface area contributed by atoms with Gasteiger partial charge < -0.3 is 5.11 Å². The molecule has 0 spiro atoms. The molecule has 18 heavy (non-hydrogen) atoms. The number of nitrogens with zero attached hydrogens (tertiary/aromatic N) is 2. The second-order valence-corrected chi connectivity index (χ2v) is 4.76. The van der Waals surface area contributed by atoms with Gasteiger partial charge in [0.1, 0.15) is 0 Å². The van der Waals surface area contributed by atoms with Gasteiger partial charge in [-0.1, -0.05) is 28.1 Å². The van der Waals surface area contributed by atoms with E-state index in [-0.39, 0.29) is 12.2 Å². The molecule has 1 aromatic heterocycles. The minimum atomic E-state index is -0.273. The zero-order chi connectivity index (χ0) is 13.1. The smallest absolute Gasteiger partial charge is 0.272 e. The Morgan fingerprint density at radius 3 is 2.56 bits per heavy atom. The average molecular weight is 309 g/mol. The Labute approximate surface area is 113 Å². The summed E-state index contributed by atoms with van der Waals surface area (Å²) >= 11 is 3.37. The van der Waals surface area contributed by atoms with Gasteiger partial charge in [0.05, 0.1) is 12.3 Å². The Kier molecular flexibility index (Phi) is 3.93. The summed E-state index contributed by atoms with van der Waals surface area (Å²) in [6.45, 7) is 2.06. The Balaban J connectivity index is 2.57. The van der Waals surface area contributed by atoms with Crippen LogP contribution in [0.2, 0.25) is 0 Å². The first-order chi connectivity index (χ1) is 8.65. The molecule has 0 bridgehead atoms. The highest BCUT2D eigenvalue weighted by molar-refractivity contribution is 9.10. The molecule has 0 aliphatic heterocycles. The number of hydrogen-bond acceptors (Lipinski definition) is 3. The van der Waals surface area contributed by atoms with Crippen molar-refractivity contribution >= 4 is 15.9 Å². The number of aryl methyl sites for hydroxylation is 1. The summed E-state index contributed by atoms with van der Waals surface area (Å²) in [5, 5.41) is 13.5. The Morgan fingerprint density at radius 2 is 2.00 bits per heavy atom. The quantitative estimate of drug-likeness (QED) is 0.945. The standard InChI is InChI=1S/C13H13BrN2O2/c1-2-16-13(18)10(8-17)7-12(15-16)9-3-5-11(14)6-4-9/h3-7,17H,2,8H2,1H3. The van der Waals surface area contributed by atoms with Gasteiger partial charge in [-0.2, -0.15) is 5.10 Å². The fraction of sp³-hybridized carbons (Fsp3) is 0.231. The number of aliphatic hydroxyl groups excluding tert-OH is 1. The van der Waals surface area contributed by atoms with E-state index in [4.69, 9.17) is 0 Å². The molecule has 0 radical (unpaired) electrons. The predicted octanol–water partition coefficient (Wildman–Crippen LogP) is 2.19. The summed E-state index contributed by atoms with van der Waals surface area (Å²) in [6, 6.07) is 9.29. The lowest BCUT2D eigenvalue weighted by molar-refractivity contribution is 0.278. The molecule has 1 heterocycles. The van der Waals surface area contributed by atoms with Gasteiger partial charge in [0, 0.05) is 22.1 Å². The van der Waals surface area contributed by atoms with Gasteiger partial charge in [-0.15, -0.1) is 0 Å². The van der Waals surface area contributed by atoms with Crippen molar-refractivity contribution in [2.45, 2.75) is 20.1 Å². The molecule has 0 amide bonds. The first kappa shape index (κ1) is 13.0. The predicted molar refractivity (Wildman–Crippen MR) is 73.2 cm³/mol. The molecule has 4 nitrogen and oxygen atoms in total. The van der Waals surface area contributed by atoms with Crippen LogP contribution in [0.25, 0.3) is 11.3 Å². The summed E-state index contributed by atoms with van der Waals surface area (Å²) in [4.78, 5) is 11.8. The molecule has 2 rings (SSSR count). The number of halogens is 1. The summed E-state index contributed by atoms with van der Waals surface area (Å²) < 4.78 is 2.35. The number of aliphatic hydroxyl groups is 1. The van der Waals surface area contributed by atoms with Crippen LogP contribution in [0.5, 0.6) is 0 Å². The summed E-state index contributed by atoms with van der Waals surface area (Å²) in [6.07, 6.45) is 0. The van der Waals surface area contributed by atoms with Crippen LogP contribution in [0.1, 0.15) is 12.5 Å². The Bertz CT molecular complexity index is 577. The fourth-order valence-electron chi connectivity index (χ4n) is 1.69. The molecule has 1 aromatic carbocycles. The van der Waals surface area contributed by atoms with E-state index in [9.17, 15) is 9.90 Å². The molecular formula is C13H13BrN2O2. The van der Waals surface area contributed by atoms with E-state index < -0.39 is 0 Å². The van der Waals surface area contributed by atoms with Gasteiger partial charge in [-0.05, 0) is 25.1 Å². The molecule has 0 fully saturated rings. The molecule has 1 N–H and O–H groups in total. The van der Waals surface area contributed by atoms with Gasteiger partial charge >= 0.3 is 0 Å². The van der Waals surface area contributed by atoms with Crippen molar-refractivity contribution in [3.05, 3.63) is 50.7 Å². The van der Waals surface area contributed by atoms with Gasteiger partial charge in [0.25, 0.3) is 5.56 Å². The van der Waals surface area contributed by atoms with Gasteiger partial charge in [0.15, 0.2) is 0 Å². The summed E-state index contributed by atoms with van der Waals surface area (Å²) in [5.74, 6) is 0.